The number of rotatable bonds is 2. The number of hydrogen-bond donors (Lipinski definition) is 0. The van der Waals surface area contributed by atoms with Gasteiger partial charge in [0.1, 0.15) is 0 Å². The fourth-order valence-electron chi connectivity index (χ4n) is 7.37. The molecule has 0 saturated heterocycles. The molecule has 0 saturated carbocycles. The van der Waals surface area contributed by atoms with Gasteiger partial charge in [-0.25, -0.2) is 0 Å². The smallest absolute Gasteiger partial charge is 0.0273 e. The number of benzene rings is 5. The van der Waals surface area contributed by atoms with E-state index in [1.807, 2.05) is 24.8 Å². The Labute approximate surface area is 248 Å². The Hall–Kier alpha value is -5.60. The van der Waals surface area contributed by atoms with Gasteiger partial charge in [-0.15, -0.1) is 0 Å². The maximum absolute atomic E-state index is 4.41. The lowest BCUT2D eigenvalue weighted by Gasteiger charge is -2.20. The zero-order valence-electron chi connectivity index (χ0n) is 23.7. The van der Waals surface area contributed by atoms with E-state index in [-0.39, 0.29) is 0 Å². The van der Waals surface area contributed by atoms with Crippen LogP contribution < -0.4 is 0 Å². The summed E-state index contributed by atoms with van der Waals surface area (Å²) in [6.45, 7) is 2.25. The molecule has 0 N–H and O–H groups in total. The third-order valence-electron chi connectivity index (χ3n) is 9.21. The largest absolute Gasteiger partial charge is 0.265 e. The molecule has 0 atom stereocenters. The van der Waals surface area contributed by atoms with Gasteiger partial charge in [0.2, 0.25) is 0 Å². The number of hydrogen-bond acceptors (Lipinski definition) is 2. The molecule has 0 unspecified atom stereocenters. The molecular weight excluding hydrogens is 520 g/mol. The van der Waals surface area contributed by atoms with Crippen LogP contribution in [0.15, 0.2) is 140 Å². The monoisotopic (exact) mass is 546 g/mol. The molecule has 0 amide bonds. The second-order valence-electron chi connectivity index (χ2n) is 11.4. The fourth-order valence-corrected chi connectivity index (χ4v) is 7.37. The van der Waals surface area contributed by atoms with Gasteiger partial charge < -0.3 is 0 Å². The summed E-state index contributed by atoms with van der Waals surface area (Å²) in [5.74, 6) is 0. The lowest BCUT2D eigenvalue weighted by Crippen LogP contribution is -1.93. The Kier molecular flexibility index (Phi) is 5.15. The highest BCUT2D eigenvalue weighted by Crippen LogP contribution is 2.50. The maximum Gasteiger partial charge on any atom is 0.0273 e. The minimum Gasteiger partial charge on any atom is -0.265 e. The van der Waals surface area contributed by atoms with E-state index in [9.17, 15) is 0 Å². The molecule has 0 radical (unpaired) electrons. The van der Waals surface area contributed by atoms with Crippen molar-refractivity contribution in [2.75, 3.05) is 0 Å². The van der Waals surface area contributed by atoms with Gasteiger partial charge in [0.25, 0.3) is 0 Å². The maximum atomic E-state index is 4.41. The number of pyridine rings is 2. The summed E-state index contributed by atoms with van der Waals surface area (Å²) in [4.78, 5) is 8.81. The minimum atomic E-state index is 1.16. The highest BCUT2D eigenvalue weighted by Gasteiger charge is 2.22. The zero-order chi connectivity index (χ0) is 28.5. The topological polar surface area (TPSA) is 25.8 Å². The lowest BCUT2D eigenvalue weighted by molar-refractivity contribution is 1.33. The molecule has 0 fully saturated rings. The van der Waals surface area contributed by atoms with Gasteiger partial charge in [0.15, 0.2) is 0 Å². The van der Waals surface area contributed by atoms with Crippen LogP contribution in [0.4, 0.5) is 0 Å². The SMILES string of the molecule is Cc1c2ccccc3c(-c4ccncc4)c4c(cc5c6ccccc6c6cccc4c65)c(-c4ccncc4)c3c1ccc2. The van der Waals surface area contributed by atoms with Crippen molar-refractivity contribution in [3.63, 3.8) is 0 Å². The lowest BCUT2D eigenvalue weighted by atomic mass is 9.83. The van der Waals surface area contributed by atoms with Gasteiger partial charge >= 0.3 is 0 Å². The van der Waals surface area contributed by atoms with Crippen LogP contribution in [0.3, 0.4) is 0 Å². The summed E-state index contributed by atoms with van der Waals surface area (Å²) >= 11 is 0. The predicted octanol–water partition coefficient (Wildman–Crippen LogP) is 11.0. The number of fused-ring (bicyclic) bond motifs is 9. The first kappa shape index (κ1) is 24.0. The average Bonchev–Trinajstić information content (AvgIpc) is 3.39. The van der Waals surface area contributed by atoms with E-state index in [2.05, 4.69) is 132 Å². The van der Waals surface area contributed by atoms with E-state index >= 15 is 0 Å². The molecule has 9 aromatic rings. The Morgan fingerprint density at radius 1 is 0.372 bits per heavy atom. The molecule has 2 heteroatoms. The molecule has 43 heavy (non-hydrogen) atoms. The Balaban J connectivity index is 1.70. The van der Waals surface area contributed by atoms with Gasteiger partial charge in [-0.1, -0.05) is 84.9 Å². The van der Waals surface area contributed by atoms with Crippen LogP contribution in [0.25, 0.3) is 86.9 Å². The van der Waals surface area contributed by atoms with Gasteiger partial charge in [-0.05, 0) is 130 Å². The third kappa shape index (κ3) is 3.41. The fraction of sp³-hybridized carbons (Fsp3) is 0.0244. The van der Waals surface area contributed by atoms with Crippen LogP contribution in [0.2, 0.25) is 0 Å². The molecule has 0 spiro atoms. The Bertz CT molecular complexity index is 2550. The first-order valence-corrected chi connectivity index (χ1v) is 14.7. The van der Waals surface area contributed by atoms with Crippen molar-refractivity contribution in [2.45, 2.75) is 6.92 Å². The van der Waals surface area contributed by atoms with E-state index < -0.39 is 0 Å². The molecule has 9 rings (SSSR count). The second kappa shape index (κ2) is 9.20. The van der Waals surface area contributed by atoms with E-state index in [1.165, 1.54) is 81.3 Å². The van der Waals surface area contributed by atoms with E-state index in [4.69, 9.17) is 0 Å². The molecule has 7 aromatic carbocycles. The van der Waals surface area contributed by atoms with Crippen LogP contribution in [0.1, 0.15) is 5.56 Å². The molecule has 2 aromatic heterocycles. The van der Waals surface area contributed by atoms with E-state index in [0.717, 1.165) is 11.1 Å². The van der Waals surface area contributed by atoms with Gasteiger partial charge in [0, 0.05) is 24.8 Å². The van der Waals surface area contributed by atoms with Crippen LogP contribution in [-0.2, 0) is 0 Å². The van der Waals surface area contributed by atoms with Crippen molar-refractivity contribution >= 4 is 64.6 Å². The van der Waals surface area contributed by atoms with Gasteiger partial charge in [-0.3, -0.25) is 9.97 Å². The normalized spacial score (nSPS) is 11.8. The highest BCUT2D eigenvalue weighted by molar-refractivity contribution is 6.39. The first-order valence-electron chi connectivity index (χ1n) is 14.7. The molecule has 0 aliphatic carbocycles. The molecular formula is C41H26N2. The molecule has 2 heterocycles. The van der Waals surface area contributed by atoms with E-state index in [0.29, 0.717) is 0 Å². The summed E-state index contributed by atoms with van der Waals surface area (Å²) in [6, 6.07) is 42.3. The predicted molar refractivity (Wildman–Crippen MR) is 183 cm³/mol. The van der Waals surface area contributed by atoms with Crippen LogP contribution in [0, 0.1) is 6.92 Å². The van der Waals surface area contributed by atoms with Crippen molar-refractivity contribution in [3.05, 3.63) is 146 Å². The molecule has 0 aliphatic heterocycles. The van der Waals surface area contributed by atoms with Gasteiger partial charge in [0.05, 0.1) is 0 Å². The van der Waals surface area contributed by atoms with Crippen LogP contribution in [-0.4, -0.2) is 9.97 Å². The molecule has 2 nitrogen and oxygen atoms in total. The Morgan fingerprint density at radius 3 is 1.58 bits per heavy atom. The second-order valence-corrected chi connectivity index (χ2v) is 11.4. The summed E-state index contributed by atoms with van der Waals surface area (Å²) in [5, 5.41) is 15.3. The van der Waals surface area contributed by atoms with Gasteiger partial charge in [-0.2, -0.15) is 0 Å². The van der Waals surface area contributed by atoms with Crippen LogP contribution in [0.5, 0.6) is 0 Å². The van der Waals surface area contributed by atoms with Crippen molar-refractivity contribution < 1.29 is 0 Å². The molecule has 0 aliphatic rings. The number of aromatic nitrogens is 2. The first-order chi connectivity index (χ1) is 21.3. The Morgan fingerprint density at radius 2 is 0.860 bits per heavy atom. The number of aryl methyl sites for hydroxylation is 1. The third-order valence-corrected chi connectivity index (χ3v) is 9.21. The standard InChI is InChI=1S/C41H26N2/c1-25-26-8-2-3-12-33-37(27-16-20-42-21-17-27)41-34-15-7-14-32-30-10-4-5-11-31(30)35(39(32)34)24-36(41)38(28-18-22-43-23-19-28)40(33)29(25)13-6-9-26/h2-24H,1H3. The van der Waals surface area contributed by atoms with Crippen molar-refractivity contribution in [2.24, 2.45) is 0 Å². The van der Waals surface area contributed by atoms with Crippen LogP contribution >= 0.6 is 0 Å². The quantitative estimate of drug-likeness (QED) is 0.202. The molecule has 200 valence electrons. The van der Waals surface area contributed by atoms with Crippen molar-refractivity contribution in [3.8, 4) is 22.3 Å². The highest BCUT2D eigenvalue weighted by atomic mass is 14.6. The summed E-state index contributed by atoms with van der Waals surface area (Å²) in [5.41, 5.74) is 6.08. The summed E-state index contributed by atoms with van der Waals surface area (Å²) in [7, 11) is 0. The molecule has 2 bridgehead atoms. The summed E-state index contributed by atoms with van der Waals surface area (Å²) in [6.07, 6.45) is 7.64. The van der Waals surface area contributed by atoms with E-state index in [1.54, 1.807) is 0 Å². The zero-order valence-corrected chi connectivity index (χ0v) is 23.7. The summed E-state index contributed by atoms with van der Waals surface area (Å²) < 4.78 is 0. The van der Waals surface area contributed by atoms with Crippen molar-refractivity contribution in [1.82, 2.24) is 9.97 Å². The van der Waals surface area contributed by atoms with Crippen molar-refractivity contribution in [1.29, 1.82) is 0 Å². The minimum absolute atomic E-state index is 1.16. The average molecular weight is 547 g/mol. The number of nitrogens with zero attached hydrogens (tertiary/aromatic N) is 2.